The van der Waals surface area contributed by atoms with E-state index in [4.69, 9.17) is 16.3 Å². The van der Waals surface area contributed by atoms with Gasteiger partial charge in [0.1, 0.15) is 5.75 Å². The fraction of sp³-hybridized carbons (Fsp3) is 0.200. The van der Waals surface area contributed by atoms with Crippen molar-refractivity contribution >= 4 is 46.3 Å². The molecule has 1 saturated heterocycles. The predicted molar refractivity (Wildman–Crippen MR) is 107 cm³/mol. The molecule has 0 aromatic heterocycles. The lowest BCUT2D eigenvalue weighted by molar-refractivity contribution is -0.113. The van der Waals surface area contributed by atoms with Gasteiger partial charge in [-0.1, -0.05) is 42.8 Å². The average molecular weight is 388 g/mol. The highest BCUT2D eigenvalue weighted by Gasteiger charge is 2.36. The smallest absolute Gasteiger partial charge is 0.298 e. The number of amides is 2. The first kappa shape index (κ1) is 18.5. The summed E-state index contributed by atoms with van der Waals surface area (Å²) in [6, 6.07) is 14.2. The summed E-state index contributed by atoms with van der Waals surface area (Å²) in [5, 5.41) is 0.127. The van der Waals surface area contributed by atoms with Crippen molar-refractivity contribution in [3.63, 3.8) is 0 Å². The highest BCUT2D eigenvalue weighted by Crippen LogP contribution is 2.37. The Labute approximate surface area is 161 Å². The van der Waals surface area contributed by atoms with E-state index >= 15 is 0 Å². The molecule has 1 aliphatic heterocycles. The highest BCUT2D eigenvalue weighted by molar-refractivity contribution is 8.19. The van der Waals surface area contributed by atoms with E-state index in [-0.39, 0.29) is 17.3 Å². The molecule has 1 aliphatic rings. The normalized spacial score (nSPS) is 17.0. The van der Waals surface area contributed by atoms with Gasteiger partial charge in [0.2, 0.25) is 0 Å². The molecule has 0 unspecified atom stereocenters. The van der Waals surface area contributed by atoms with Gasteiger partial charge in [-0.25, -0.2) is 4.90 Å². The summed E-state index contributed by atoms with van der Waals surface area (Å²) in [6.07, 6.45) is 2.64. The number of nitrogens with zero attached hydrogens (tertiary/aromatic N) is 1. The van der Waals surface area contributed by atoms with Crippen LogP contribution in [0.3, 0.4) is 0 Å². The van der Waals surface area contributed by atoms with Gasteiger partial charge in [0.25, 0.3) is 11.1 Å². The maximum absolute atomic E-state index is 12.8. The zero-order valence-electron chi connectivity index (χ0n) is 14.4. The van der Waals surface area contributed by atoms with Crippen molar-refractivity contribution in [3.05, 3.63) is 64.0 Å². The van der Waals surface area contributed by atoms with Crippen molar-refractivity contribution in [1.82, 2.24) is 0 Å². The molecule has 0 bridgehead atoms. The second-order valence-electron chi connectivity index (χ2n) is 5.87. The molecule has 0 spiro atoms. The van der Waals surface area contributed by atoms with Crippen LogP contribution in [-0.4, -0.2) is 17.3 Å². The van der Waals surface area contributed by atoms with E-state index in [0.29, 0.717) is 21.4 Å². The standard InChI is InChI=1S/C20H18ClNO3S/c1-3-13(2)25-17-10-5-4-7-14(17)11-18-19(23)22(20(24)26-18)16-9-6-8-15(21)12-16/h4-13H,3H2,1-2H3/b18-11-/t13-/m0/s1. The molecule has 6 heteroatoms. The van der Waals surface area contributed by atoms with Crippen molar-refractivity contribution in [2.24, 2.45) is 0 Å². The summed E-state index contributed by atoms with van der Waals surface area (Å²) < 4.78 is 5.91. The van der Waals surface area contributed by atoms with E-state index in [9.17, 15) is 9.59 Å². The van der Waals surface area contributed by atoms with E-state index in [1.807, 2.05) is 38.1 Å². The van der Waals surface area contributed by atoms with Gasteiger partial charge in [-0.05, 0) is 55.4 Å². The summed E-state index contributed by atoms with van der Waals surface area (Å²) >= 11 is 6.89. The minimum atomic E-state index is -0.361. The van der Waals surface area contributed by atoms with Gasteiger partial charge < -0.3 is 4.74 Å². The summed E-state index contributed by atoms with van der Waals surface area (Å²) in [4.78, 5) is 26.6. The third-order valence-corrected chi connectivity index (χ3v) is 5.07. The fourth-order valence-electron chi connectivity index (χ4n) is 2.45. The second kappa shape index (κ2) is 7.98. The van der Waals surface area contributed by atoms with Crippen LogP contribution in [0.1, 0.15) is 25.8 Å². The lowest BCUT2D eigenvalue weighted by Crippen LogP contribution is -2.27. The first-order valence-corrected chi connectivity index (χ1v) is 9.48. The maximum atomic E-state index is 12.8. The SMILES string of the molecule is CC[C@H](C)Oc1ccccc1/C=C1\SC(=O)N(c2cccc(Cl)c2)C1=O. The number of carbonyl (C=O) groups excluding carboxylic acids is 2. The monoisotopic (exact) mass is 387 g/mol. The minimum absolute atomic E-state index is 0.0612. The molecule has 2 aromatic carbocycles. The van der Waals surface area contributed by atoms with Gasteiger partial charge in [0, 0.05) is 10.6 Å². The summed E-state index contributed by atoms with van der Waals surface area (Å²) in [5.74, 6) is 0.331. The third-order valence-electron chi connectivity index (χ3n) is 3.97. The average Bonchev–Trinajstić information content (AvgIpc) is 2.90. The van der Waals surface area contributed by atoms with E-state index in [1.165, 1.54) is 0 Å². The van der Waals surface area contributed by atoms with E-state index in [0.717, 1.165) is 28.6 Å². The van der Waals surface area contributed by atoms with Crippen LogP contribution in [0, 0.1) is 0 Å². The Hall–Kier alpha value is -2.24. The molecule has 0 saturated carbocycles. The summed E-state index contributed by atoms with van der Waals surface area (Å²) in [7, 11) is 0. The van der Waals surface area contributed by atoms with E-state index in [1.54, 1.807) is 30.3 Å². The molecule has 4 nitrogen and oxygen atoms in total. The molecule has 1 heterocycles. The quantitative estimate of drug-likeness (QED) is 0.612. The van der Waals surface area contributed by atoms with Gasteiger partial charge in [0.15, 0.2) is 0 Å². The number of ether oxygens (including phenoxy) is 1. The molecule has 1 atom stereocenters. The van der Waals surface area contributed by atoms with Gasteiger partial charge in [-0.15, -0.1) is 0 Å². The van der Waals surface area contributed by atoms with Crippen LogP contribution in [-0.2, 0) is 4.79 Å². The topological polar surface area (TPSA) is 46.6 Å². The second-order valence-corrected chi connectivity index (χ2v) is 7.30. The molecule has 0 N–H and O–H groups in total. The zero-order valence-corrected chi connectivity index (χ0v) is 16.0. The molecule has 134 valence electrons. The Morgan fingerprint density at radius 2 is 1.96 bits per heavy atom. The maximum Gasteiger partial charge on any atom is 0.298 e. The van der Waals surface area contributed by atoms with Gasteiger partial charge in [-0.3, -0.25) is 9.59 Å². The lowest BCUT2D eigenvalue weighted by Gasteiger charge is -2.15. The van der Waals surface area contributed by atoms with Crippen molar-refractivity contribution in [3.8, 4) is 5.75 Å². The first-order chi connectivity index (χ1) is 12.5. The highest BCUT2D eigenvalue weighted by atomic mass is 35.5. The number of anilines is 1. The van der Waals surface area contributed by atoms with Crippen LogP contribution in [0.2, 0.25) is 5.02 Å². The van der Waals surface area contributed by atoms with Crippen LogP contribution in [0.5, 0.6) is 5.75 Å². The molecule has 26 heavy (non-hydrogen) atoms. The lowest BCUT2D eigenvalue weighted by atomic mass is 10.1. The predicted octanol–water partition coefficient (Wildman–Crippen LogP) is 5.76. The molecule has 2 amide bonds. The number of hydrogen-bond donors (Lipinski definition) is 0. The molecule has 2 aromatic rings. The fourth-order valence-corrected chi connectivity index (χ4v) is 3.47. The Morgan fingerprint density at radius 1 is 1.19 bits per heavy atom. The van der Waals surface area contributed by atoms with Gasteiger partial charge in [0.05, 0.1) is 16.7 Å². The van der Waals surface area contributed by atoms with E-state index in [2.05, 4.69) is 0 Å². The van der Waals surface area contributed by atoms with Crippen LogP contribution < -0.4 is 9.64 Å². The number of hydrogen-bond acceptors (Lipinski definition) is 4. The van der Waals surface area contributed by atoms with Crippen molar-refractivity contribution in [2.45, 2.75) is 26.4 Å². The molecular formula is C20H18ClNO3S. The number of para-hydroxylation sites is 1. The number of imide groups is 1. The van der Waals surface area contributed by atoms with Crippen LogP contribution in [0.15, 0.2) is 53.4 Å². The van der Waals surface area contributed by atoms with Gasteiger partial charge in [-0.2, -0.15) is 0 Å². The molecule has 0 radical (unpaired) electrons. The molecule has 3 rings (SSSR count). The number of benzene rings is 2. The molecule has 1 fully saturated rings. The third kappa shape index (κ3) is 3.94. The Morgan fingerprint density at radius 3 is 2.69 bits per heavy atom. The van der Waals surface area contributed by atoms with Crippen molar-refractivity contribution < 1.29 is 14.3 Å². The summed E-state index contributed by atoms with van der Waals surface area (Å²) in [6.45, 7) is 4.04. The van der Waals surface area contributed by atoms with E-state index < -0.39 is 0 Å². The number of rotatable bonds is 5. The largest absolute Gasteiger partial charge is 0.490 e. The van der Waals surface area contributed by atoms with Crippen LogP contribution in [0.25, 0.3) is 6.08 Å². The Balaban J connectivity index is 1.92. The molecular weight excluding hydrogens is 370 g/mol. The van der Waals surface area contributed by atoms with Crippen LogP contribution >= 0.6 is 23.4 Å². The van der Waals surface area contributed by atoms with Crippen LogP contribution in [0.4, 0.5) is 10.5 Å². The minimum Gasteiger partial charge on any atom is -0.490 e. The first-order valence-electron chi connectivity index (χ1n) is 8.28. The van der Waals surface area contributed by atoms with Gasteiger partial charge >= 0.3 is 0 Å². The van der Waals surface area contributed by atoms with Crippen molar-refractivity contribution in [1.29, 1.82) is 0 Å². The number of thioether (sulfide) groups is 1. The zero-order chi connectivity index (χ0) is 18.7. The van der Waals surface area contributed by atoms with Crippen molar-refractivity contribution in [2.75, 3.05) is 4.90 Å². The summed E-state index contributed by atoms with van der Waals surface area (Å²) in [5.41, 5.74) is 1.23. The molecule has 0 aliphatic carbocycles. The Bertz CT molecular complexity index is 881. The Kier molecular flexibility index (Phi) is 5.69. The number of halogens is 1. The number of carbonyl (C=O) groups is 2.